The van der Waals surface area contributed by atoms with Crippen LogP contribution in [0.25, 0.3) is 0 Å². The summed E-state index contributed by atoms with van der Waals surface area (Å²) in [7, 11) is 0. The SMILES string of the molecule is C[C@@H]1O[C@@H](O[C@H]2[C@H](OC(=O)[C@]34CCC(C)(C)C[C@H]3C3=CC[C@H]5[C@@]6(C)CC[C@H](O[C@@H]7O[C@H](CO)[C@@H](O)[C@H](O[C@@H]8O[C@H](CO)[C@@H](O)[C@H](O)[C@H]8O)[C@H]7O[C@@H]7O[C@H](CO)[C@@H](O)[C@H](O)[C@H]7O)[C@@](C)(C=O)[C@@H]6CC[C@@]5(C)[C@]3(C)C[C@H]4O)OC[C@H](O)[C@@H]2O)[C@H](O)[C@H](O)[C@H]1O. The van der Waals surface area contributed by atoms with Crippen molar-refractivity contribution in [3.63, 3.8) is 0 Å². The van der Waals surface area contributed by atoms with E-state index in [9.17, 15) is 86.5 Å². The Morgan fingerprint density at radius 1 is 0.563 bits per heavy atom. The van der Waals surface area contributed by atoms with E-state index >= 15 is 4.79 Å². The summed E-state index contributed by atoms with van der Waals surface area (Å²) in [5, 5.41) is 174. The molecule has 0 bridgehead atoms. The minimum atomic E-state index is -2.02. The van der Waals surface area contributed by atoms with E-state index in [0.717, 1.165) is 11.9 Å². The molecule has 5 saturated heterocycles. The van der Waals surface area contributed by atoms with Crippen LogP contribution in [0, 0.1) is 50.2 Å². The van der Waals surface area contributed by atoms with Gasteiger partial charge in [-0.1, -0.05) is 53.2 Å². The fourth-order valence-corrected chi connectivity index (χ4v) is 17.6. The van der Waals surface area contributed by atoms with Crippen LogP contribution in [0.2, 0.25) is 0 Å². The summed E-state index contributed by atoms with van der Waals surface area (Å²) in [4.78, 5) is 29.5. The molecule has 9 fully saturated rings. The number of carbonyl (C=O) groups is 2. The highest BCUT2D eigenvalue weighted by molar-refractivity contribution is 5.80. The number of aldehydes is 1. The number of fused-ring (bicyclic) bond motifs is 7. The summed E-state index contributed by atoms with van der Waals surface area (Å²) in [6, 6.07) is 0. The number of carbonyl (C=O) groups excluding carboxylic acids is 2. The predicted octanol–water partition coefficient (Wildman–Crippen LogP) is -4.39. The van der Waals surface area contributed by atoms with Gasteiger partial charge in [0.05, 0.1) is 50.2 Å². The number of hydrogen-bond acceptors (Lipinski definition) is 28. The van der Waals surface area contributed by atoms with E-state index < -0.39 is 231 Å². The second kappa shape index (κ2) is 25.0. The van der Waals surface area contributed by atoms with Crippen LogP contribution >= 0.6 is 0 Å². The average Bonchev–Trinajstić information content (AvgIpc) is 0.676. The van der Waals surface area contributed by atoms with Crippen molar-refractivity contribution >= 4 is 12.3 Å². The first kappa shape index (κ1) is 67.8. The van der Waals surface area contributed by atoms with Gasteiger partial charge in [0.15, 0.2) is 31.3 Å². The Balaban J connectivity index is 0.936. The number of aliphatic hydroxyl groups excluding tert-OH is 16. The molecule has 5 aliphatic heterocycles. The molecule has 34 atom stereocenters. The first-order valence-corrected chi connectivity index (χ1v) is 30.7. The zero-order valence-corrected chi connectivity index (χ0v) is 50.1. The van der Waals surface area contributed by atoms with Crippen molar-refractivity contribution in [2.45, 2.75) is 266 Å². The molecule has 10 aliphatic rings. The fourth-order valence-electron chi connectivity index (χ4n) is 17.6. The maximum absolute atomic E-state index is 15.3. The summed E-state index contributed by atoms with van der Waals surface area (Å²) in [6.45, 7) is 10.9. The summed E-state index contributed by atoms with van der Waals surface area (Å²) in [5.74, 6) is -1.93. The Labute approximate surface area is 503 Å². The molecule has 28 heteroatoms. The smallest absolute Gasteiger partial charge is 0.317 e. The lowest BCUT2D eigenvalue weighted by Gasteiger charge is -2.71. The number of hydrogen-bond donors (Lipinski definition) is 16. The normalized spacial score (nSPS) is 55.1. The molecule has 5 heterocycles. The third-order valence-corrected chi connectivity index (χ3v) is 23.1. The van der Waals surface area contributed by atoms with Gasteiger partial charge in [0.25, 0.3) is 0 Å². The largest absolute Gasteiger partial charge is 0.432 e. The minimum Gasteiger partial charge on any atom is -0.432 e. The van der Waals surface area contributed by atoms with E-state index in [-0.39, 0.29) is 30.6 Å². The van der Waals surface area contributed by atoms with E-state index in [4.69, 9.17) is 47.4 Å². The Bertz CT molecular complexity index is 2450. The topological polar surface area (TPSA) is 450 Å². The van der Waals surface area contributed by atoms with Gasteiger partial charge in [0, 0.05) is 0 Å². The molecule has 0 radical (unpaired) electrons. The van der Waals surface area contributed by atoms with Crippen LogP contribution < -0.4 is 0 Å². The molecule has 0 spiro atoms. The van der Waals surface area contributed by atoms with Crippen LogP contribution in [-0.4, -0.2) is 280 Å². The van der Waals surface area contributed by atoms with E-state index in [1.165, 1.54) is 6.92 Å². The maximum Gasteiger partial charge on any atom is 0.317 e. The molecule has 87 heavy (non-hydrogen) atoms. The first-order valence-electron chi connectivity index (χ1n) is 30.7. The lowest BCUT2D eigenvalue weighted by molar-refractivity contribution is -0.399. The number of aliphatic hydroxyl groups is 16. The Morgan fingerprint density at radius 2 is 1.10 bits per heavy atom. The van der Waals surface area contributed by atoms with E-state index in [1.807, 2.05) is 0 Å². The number of ether oxygens (including phenoxy) is 10. The van der Waals surface area contributed by atoms with Gasteiger partial charge in [0.2, 0.25) is 6.29 Å². The van der Waals surface area contributed by atoms with Crippen molar-refractivity contribution in [2.24, 2.45) is 50.2 Å². The molecule has 0 aromatic rings. The van der Waals surface area contributed by atoms with E-state index in [1.54, 1.807) is 6.92 Å². The fraction of sp³-hybridized carbons (Fsp3) is 0.932. The highest BCUT2D eigenvalue weighted by Gasteiger charge is 2.73. The summed E-state index contributed by atoms with van der Waals surface area (Å²) >= 11 is 0. The molecular weight excluding hydrogens is 1160 g/mol. The number of rotatable bonds is 14. The zero-order chi connectivity index (χ0) is 63.6. The van der Waals surface area contributed by atoms with Crippen molar-refractivity contribution in [1.29, 1.82) is 0 Å². The van der Waals surface area contributed by atoms with Gasteiger partial charge in [-0.25, -0.2) is 0 Å². The molecule has 16 N–H and O–H groups in total. The molecule has 4 saturated carbocycles. The summed E-state index contributed by atoms with van der Waals surface area (Å²) < 4.78 is 60.5. The van der Waals surface area contributed by atoms with Gasteiger partial charge < -0.3 is 134 Å². The first-order chi connectivity index (χ1) is 40.8. The maximum atomic E-state index is 15.3. The number of allylic oxidation sites excluding steroid dienone is 2. The number of esters is 1. The summed E-state index contributed by atoms with van der Waals surface area (Å²) in [6.07, 6.45) is -37.2. The highest BCUT2D eigenvalue weighted by atomic mass is 16.8. The molecule has 28 nitrogen and oxygen atoms in total. The lowest BCUT2D eigenvalue weighted by atomic mass is 9.33. The van der Waals surface area contributed by atoms with Gasteiger partial charge in [0.1, 0.15) is 115 Å². The van der Waals surface area contributed by atoms with Crippen LogP contribution in [0.3, 0.4) is 0 Å². The molecule has 0 aromatic carbocycles. The third kappa shape index (κ3) is 11.1. The van der Waals surface area contributed by atoms with E-state index in [0.29, 0.717) is 38.5 Å². The second-order valence-electron chi connectivity index (χ2n) is 28.4. The molecule has 5 aliphatic carbocycles. The molecule has 498 valence electrons. The lowest BCUT2D eigenvalue weighted by Crippen LogP contribution is -2.69. The van der Waals surface area contributed by atoms with Crippen LogP contribution in [0.5, 0.6) is 0 Å². The van der Waals surface area contributed by atoms with Crippen molar-refractivity contribution in [3.8, 4) is 0 Å². The predicted molar refractivity (Wildman–Crippen MR) is 290 cm³/mol. The Morgan fingerprint density at radius 3 is 1.69 bits per heavy atom. The molecular formula is C59H94O28. The van der Waals surface area contributed by atoms with Crippen molar-refractivity contribution in [3.05, 3.63) is 11.6 Å². The Hall–Kier alpha value is -2.12. The van der Waals surface area contributed by atoms with Gasteiger partial charge in [-0.05, 0) is 104 Å². The standard InChI is InChI=1S/C59H94O28/c1-23-34(66)39(71)42(74)48(79-23)85-46-35(67)26(64)21-78-51(46)87-53(77)59-15-14-54(2,3)16-25(59)24-8-9-31-55(4)12-11-33(56(5,22-63)30(55)10-13-57(31,6)58(24,7)17-32(59)65)83-52-47(86-50-44(76)41(73)37(69)28(19-61)81-50)45(38(70)29(20-62)82-52)84-49-43(75)40(72)36(68)27(18-60)80-49/h8,22-23,25-52,60-62,64-76H,9-21H2,1-7H3/t23-,25-,26-,27+,28+,29+,30+,31-,32+,33-,34-,35-,36+,37+,38+,39+,40-,41-,42+,43+,44+,45-,46+,47+,48-,49-,50-,51-,52-,55-,56-,57+,58+,59+/m0/s1. The van der Waals surface area contributed by atoms with Gasteiger partial charge in [-0.2, -0.15) is 0 Å². The zero-order valence-electron chi connectivity index (χ0n) is 50.1. The van der Waals surface area contributed by atoms with E-state index in [2.05, 4.69) is 40.7 Å². The van der Waals surface area contributed by atoms with Crippen LogP contribution in [-0.2, 0) is 57.0 Å². The molecule has 0 amide bonds. The van der Waals surface area contributed by atoms with Crippen LogP contribution in [0.15, 0.2) is 11.6 Å². The van der Waals surface area contributed by atoms with Crippen molar-refractivity contribution < 1.29 is 139 Å². The third-order valence-electron chi connectivity index (χ3n) is 23.1. The Kier molecular flexibility index (Phi) is 19.5. The molecule has 0 aromatic heterocycles. The quantitative estimate of drug-likeness (QED) is 0.0338. The highest BCUT2D eigenvalue weighted by Crippen LogP contribution is 2.76. The van der Waals surface area contributed by atoms with Crippen molar-refractivity contribution in [1.82, 2.24) is 0 Å². The summed E-state index contributed by atoms with van der Waals surface area (Å²) in [5.41, 5.74) is -4.13. The minimum absolute atomic E-state index is 0.126. The van der Waals surface area contributed by atoms with Crippen LogP contribution in [0.4, 0.5) is 0 Å². The molecule has 10 rings (SSSR count). The second-order valence-corrected chi connectivity index (χ2v) is 28.4. The van der Waals surface area contributed by atoms with Crippen LogP contribution in [0.1, 0.15) is 106 Å². The molecule has 0 unspecified atom stereocenters. The van der Waals surface area contributed by atoms with Gasteiger partial charge >= 0.3 is 5.97 Å². The van der Waals surface area contributed by atoms with Gasteiger partial charge in [-0.15, -0.1) is 0 Å². The van der Waals surface area contributed by atoms with Gasteiger partial charge in [-0.3, -0.25) is 4.79 Å². The van der Waals surface area contributed by atoms with Crippen molar-refractivity contribution in [2.75, 3.05) is 26.4 Å². The average molecular weight is 1250 g/mol. The monoisotopic (exact) mass is 1250 g/mol.